The van der Waals surface area contributed by atoms with Gasteiger partial charge in [0.25, 0.3) is 0 Å². The van der Waals surface area contributed by atoms with Crippen molar-refractivity contribution in [3.8, 4) is 0 Å². The third-order valence-corrected chi connectivity index (χ3v) is 1.55. The molecule has 66 valence electrons. The van der Waals surface area contributed by atoms with E-state index in [1.54, 1.807) is 6.92 Å². The minimum absolute atomic E-state index is 0.0253. The molecule has 1 rings (SSSR count). The first kappa shape index (κ1) is 8.70. The van der Waals surface area contributed by atoms with Crippen LogP contribution in [0.25, 0.3) is 0 Å². The number of carbonyl (C=O) groups is 1. The quantitative estimate of drug-likeness (QED) is 0.713. The molecule has 0 saturated carbocycles. The summed E-state index contributed by atoms with van der Waals surface area (Å²) in [4.78, 5) is 10.7. The molecule has 0 spiro atoms. The summed E-state index contributed by atoms with van der Waals surface area (Å²) < 4.78 is 1.40. The van der Waals surface area contributed by atoms with Crippen LogP contribution in [0.1, 0.15) is 36.1 Å². The number of carboxylic acid groups (broad SMARTS) is 1. The Morgan fingerprint density at radius 2 is 2.17 bits per heavy atom. The second-order valence-electron chi connectivity index (χ2n) is 2.87. The fourth-order valence-electron chi connectivity index (χ4n) is 0.987. The largest absolute Gasteiger partial charge is 0.476 e. The molecule has 0 aliphatic carbocycles. The number of carboxylic acids is 1. The van der Waals surface area contributed by atoms with E-state index in [4.69, 9.17) is 5.11 Å². The van der Waals surface area contributed by atoms with E-state index in [0.29, 0.717) is 5.69 Å². The van der Waals surface area contributed by atoms with Crippen molar-refractivity contribution in [2.24, 2.45) is 0 Å². The van der Waals surface area contributed by atoms with Gasteiger partial charge in [0.1, 0.15) is 0 Å². The van der Waals surface area contributed by atoms with E-state index in [-0.39, 0.29) is 11.7 Å². The Morgan fingerprint density at radius 1 is 1.58 bits per heavy atom. The molecule has 0 fully saturated rings. The van der Waals surface area contributed by atoms with Crippen molar-refractivity contribution >= 4 is 5.97 Å². The van der Waals surface area contributed by atoms with Crippen LogP contribution in [-0.2, 0) is 0 Å². The highest BCUT2D eigenvalue weighted by Crippen LogP contribution is 2.09. The average Bonchev–Trinajstić information content (AvgIpc) is 2.30. The predicted octanol–water partition coefficient (Wildman–Crippen LogP) is 0.866. The van der Waals surface area contributed by atoms with Crippen LogP contribution >= 0.6 is 0 Å². The SMILES string of the molecule is Cc1nnn(C(C)C)c1C(=O)O. The second kappa shape index (κ2) is 2.92. The molecule has 0 saturated heterocycles. The molecule has 1 aromatic heterocycles. The minimum atomic E-state index is -0.980. The first-order valence-corrected chi connectivity index (χ1v) is 3.69. The van der Waals surface area contributed by atoms with Gasteiger partial charge in [-0.3, -0.25) is 0 Å². The molecule has 5 heteroatoms. The summed E-state index contributed by atoms with van der Waals surface area (Å²) in [5.74, 6) is -0.980. The van der Waals surface area contributed by atoms with Gasteiger partial charge >= 0.3 is 5.97 Å². The third kappa shape index (κ3) is 1.30. The normalized spacial score (nSPS) is 10.7. The second-order valence-corrected chi connectivity index (χ2v) is 2.87. The van der Waals surface area contributed by atoms with Gasteiger partial charge in [-0.25, -0.2) is 9.48 Å². The number of hydrogen-bond donors (Lipinski definition) is 1. The molecule has 1 N–H and O–H groups in total. The van der Waals surface area contributed by atoms with Crippen LogP contribution in [0, 0.1) is 6.92 Å². The molecular weight excluding hydrogens is 158 g/mol. The predicted molar refractivity (Wildman–Crippen MR) is 42.1 cm³/mol. The molecule has 1 heterocycles. The van der Waals surface area contributed by atoms with Crippen molar-refractivity contribution in [1.82, 2.24) is 15.0 Å². The lowest BCUT2D eigenvalue weighted by molar-refractivity contribution is 0.0680. The van der Waals surface area contributed by atoms with E-state index >= 15 is 0 Å². The highest BCUT2D eigenvalue weighted by Gasteiger charge is 2.17. The van der Waals surface area contributed by atoms with Crippen LogP contribution in [-0.4, -0.2) is 26.1 Å². The molecule has 0 atom stereocenters. The Kier molecular flexibility index (Phi) is 2.12. The zero-order chi connectivity index (χ0) is 9.30. The van der Waals surface area contributed by atoms with Crippen molar-refractivity contribution < 1.29 is 9.90 Å². The lowest BCUT2D eigenvalue weighted by Crippen LogP contribution is -2.12. The number of hydrogen-bond acceptors (Lipinski definition) is 3. The maximum absolute atomic E-state index is 10.7. The van der Waals surface area contributed by atoms with E-state index in [2.05, 4.69) is 10.3 Å². The Bertz CT molecular complexity index is 304. The highest BCUT2D eigenvalue weighted by molar-refractivity contribution is 5.86. The van der Waals surface area contributed by atoms with Crippen molar-refractivity contribution in [2.45, 2.75) is 26.8 Å². The molecule has 1 aromatic rings. The molecule has 12 heavy (non-hydrogen) atoms. The van der Waals surface area contributed by atoms with Crippen LogP contribution in [0.2, 0.25) is 0 Å². The highest BCUT2D eigenvalue weighted by atomic mass is 16.4. The number of aromatic nitrogens is 3. The van der Waals surface area contributed by atoms with Gasteiger partial charge in [0.15, 0.2) is 5.69 Å². The summed E-state index contributed by atoms with van der Waals surface area (Å²) in [5.41, 5.74) is 0.626. The molecular formula is C7H11N3O2. The monoisotopic (exact) mass is 169 g/mol. The van der Waals surface area contributed by atoms with Crippen molar-refractivity contribution in [3.05, 3.63) is 11.4 Å². The summed E-state index contributed by atoms with van der Waals surface area (Å²) in [6, 6.07) is 0.0253. The summed E-state index contributed by atoms with van der Waals surface area (Å²) in [7, 11) is 0. The van der Waals surface area contributed by atoms with Crippen molar-refractivity contribution in [2.75, 3.05) is 0 Å². The number of rotatable bonds is 2. The zero-order valence-corrected chi connectivity index (χ0v) is 7.27. The van der Waals surface area contributed by atoms with E-state index < -0.39 is 5.97 Å². The number of aryl methyl sites for hydroxylation is 1. The fraction of sp³-hybridized carbons (Fsp3) is 0.571. The fourth-order valence-corrected chi connectivity index (χ4v) is 0.987. The Balaban J connectivity index is 3.21. The van der Waals surface area contributed by atoms with Crippen molar-refractivity contribution in [3.63, 3.8) is 0 Å². The lowest BCUT2D eigenvalue weighted by Gasteiger charge is -2.05. The zero-order valence-electron chi connectivity index (χ0n) is 7.27. The molecule has 0 aromatic carbocycles. The minimum Gasteiger partial charge on any atom is -0.476 e. The van der Waals surface area contributed by atoms with Crippen LogP contribution in [0.15, 0.2) is 0 Å². The molecule has 0 unspecified atom stereocenters. The van der Waals surface area contributed by atoms with Crippen LogP contribution < -0.4 is 0 Å². The van der Waals surface area contributed by atoms with Gasteiger partial charge in [-0.05, 0) is 20.8 Å². The van der Waals surface area contributed by atoms with E-state index in [0.717, 1.165) is 0 Å². The average molecular weight is 169 g/mol. The summed E-state index contributed by atoms with van der Waals surface area (Å²) in [5, 5.41) is 16.2. The summed E-state index contributed by atoms with van der Waals surface area (Å²) >= 11 is 0. The summed E-state index contributed by atoms with van der Waals surface area (Å²) in [6.07, 6.45) is 0. The van der Waals surface area contributed by atoms with Gasteiger partial charge < -0.3 is 5.11 Å². The Hall–Kier alpha value is -1.39. The molecule has 0 bridgehead atoms. The topological polar surface area (TPSA) is 68.0 Å². The summed E-state index contributed by atoms with van der Waals surface area (Å²) in [6.45, 7) is 5.36. The molecule has 5 nitrogen and oxygen atoms in total. The van der Waals surface area contributed by atoms with Crippen LogP contribution in [0.5, 0.6) is 0 Å². The first-order valence-electron chi connectivity index (χ1n) is 3.69. The number of nitrogens with zero attached hydrogens (tertiary/aromatic N) is 3. The van der Waals surface area contributed by atoms with E-state index in [1.165, 1.54) is 4.68 Å². The van der Waals surface area contributed by atoms with E-state index in [9.17, 15) is 4.79 Å². The Labute approximate surface area is 70.0 Å². The maximum atomic E-state index is 10.7. The van der Waals surface area contributed by atoms with Gasteiger partial charge in [0, 0.05) is 6.04 Å². The van der Waals surface area contributed by atoms with E-state index in [1.807, 2.05) is 13.8 Å². The van der Waals surface area contributed by atoms with Crippen LogP contribution in [0.3, 0.4) is 0 Å². The van der Waals surface area contributed by atoms with Gasteiger partial charge in [-0.1, -0.05) is 5.21 Å². The maximum Gasteiger partial charge on any atom is 0.356 e. The molecule has 0 radical (unpaired) electrons. The number of aromatic carboxylic acids is 1. The van der Waals surface area contributed by atoms with Crippen molar-refractivity contribution in [1.29, 1.82) is 0 Å². The Morgan fingerprint density at radius 3 is 2.50 bits per heavy atom. The third-order valence-electron chi connectivity index (χ3n) is 1.55. The smallest absolute Gasteiger partial charge is 0.356 e. The van der Waals surface area contributed by atoms with Gasteiger partial charge in [-0.15, -0.1) is 5.10 Å². The first-order chi connectivity index (χ1) is 5.54. The lowest BCUT2D eigenvalue weighted by atomic mass is 10.3. The van der Waals surface area contributed by atoms with Gasteiger partial charge in [-0.2, -0.15) is 0 Å². The standard InChI is InChI=1S/C7H11N3O2/c1-4(2)10-6(7(11)12)5(3)8-9-10/h4H,1-3H3,(H,11,12). The van der Waals surface area contributed by atoms with Gasteiger partial charge in [0.05, 0.1) is 5.69 Å². The molecule has 0 amide bonds. The van der Waals surface area contributed by atoms with Crippen LogP contribution in [0.4, 0.5) is 0 Å². The van der Waals surface area contributed by atoms with Gasteiger partial charge in [0.2, 0.25) is 0 Å². The molecule has 0 aliphatic heterocycles. The molecule has 0 aliphatic rings.